The average molecular weight is 296 g/mol. The van der Waals surface area contributed by atoms with Gasteiger partial charge >= 0.3 is 0 Å². The summed E-state index contributed by atoms with van der Waals surface area (Å²) in [5.41, 5.74) is 0.402. The van der Waals surface area contributed by atoms with Gasteiger partial charge in [-0.3, -0.25) is 4.79 Å². The van der Waals surface area contributed by atoms with Gasteiger partial charge in [0, 0.05) is 3.57 Å². The van der Waals surface area contributed by atoms with Crippen molar-refractivity contribution in [2.24, 2.45) is 0 Å². The average Bonchev–Trinajstić information content (AvgIpc) is 2.03. The van der Waals surface area contributed by atoms with Crippen LogP contribution in [0.2, 0.25) is 0 Å². The van der Waals surface area contributed by atoms with E-state index in [1.54, 1.807) is 18.2 Å². The summed E-state index contributed by atoms with van der Waals surface area (Å²) in [6.45, 7) is 0. The summed E-state index contributed by atoms with van der Waals surface area (Å²) in [5, 5.41) is -0.497. The number of hydrogen-bond acceptors (Lipinski definition) is 2. The highest BCUT2D eigenvalue weighted by Gasteiger charge is 2.08. The third-order valence-corrected chi connectivity index (χ3v) is 2.25. The Hall–Kier alpha value is -0.290. The number of ether oxygens (including phenoxy) is 1. The maximum absolute atomic E-state index is 10.8. The van der Waals surface area contributed by atoms with Crippen molar-refractivity contribution in [3.05, 3.63) is 27.3 Å². The van der Waals surface area contributed by atoms with Gasteiger partial charge in [0.15, 0.2) is 0 Å². The van der Waals surface area contributed by atoms with Crippen molar-refractivity contribution in [2.45, 2.75) is 0 Å². The molecule has 0 aromatic heterocycles. The summed E-state index contributed by atoms with van der Waals surface area (Å²) >= 11 is 7.45. The zero-order valence-electron chi connectivity index (χ0n) is 6.30. The molecule has 0 aliphatic rings. The number of carbonyl (C=O) groups excluding carboxylic acids is 1. The van der Waals surface area contributed by atoms with E-state index in [2.05, 4.69) is 22.6 Å². The third-order valence-electron chi connectivity index (χ3n) is 1.38. The minimum Gasteiger partial charge on any atom is -0.496 e. The predicted molar refractivity (Wildman–Crippen MR) is 55.9 cm³/mol. The Kier molecular flexibility index (Phi) is 3.34. The monoisotopic (exact) mass is 296 g/mol. The topological polar surface area (TPSA) is 26.3 Å². The first-order valence-electron chi connectivity index (χ1n) is 3.18. The van der Waals surface area contributed by atoms with Gasteiger partial charge in [-0.2, -0.15) is 0 Å². The van der Waals surface area contributed by atoms with Crippen LogP contribution < -0.4 is 4.74 Å². The smallest absolute Gasteiger partial charge is 0.256 e. The Bertz CT molecular complexity index is 312. The summed E-state index contributed by atoms with van der Waals surface area (Å²) in [6.07, 6.45) is 0. The maximum Gasteiger partial charge on any atom is 0.256 e. The normalized spacial score (nSPS) is 9.58. The van der Waals surface area contributed by atoms with E-state index < -0.39 is 5.24 Å². The molecule has 0 amide bonds. The van der Waals surface area contributed by atoms with E-state index in [0.717, 1.165) is 3.57 Å². The Balaban J connectivity index is 3.20. The Labute approximate surface area is 89.0 Å². The number of methoxy groups -OCH3 is 1. The van der Waals surface area contributed by atoms with Gasteiger partial charge in [-0.25, -0.2) is 0 Å². The summed E-state index contributed by atoms with van der Waals surface area (Å²) < 4.78 is 5.98. The SMILES string of the molecule is COc1cc(I)ccc1C(=O)Cl. The fourth-order valence-electron chi connectivity index (χ4n) is 0.827. The molecule has 0 N–H and O–H groups in total. The van der Waals surface area contributed by atoms with Gasteiger partial charge < -0.3 is 4.74 Å². The highest BCUT2D eigenvalue weighted by atomic mass is 127. The highest BCUT2D eigenvalue weighted by Crippen LogP contribution is 2.22. The van der Waals surface area contributed by atoms with Crippen LogP contribution in [-0.4, -0.2) is 12.4 Å². The van der Waals surface area contributed by atoms with Crippen LogP contribution in [0.1, 0.15) is 10.4 Å². The second kappa shape index (κ2) is 4.09. The molecule has 0 radical (unpaired) electrons. The zero-order valence-corrected chi connectivity index (χ0v) is 9.22. The lowest BCUT2D eigenvalue weighted by Gasteiger charge is -2.03. The Morgan fingerprint density at radius 2 is 2.25 bits per heavy atom. The first kappa shape index (κ1) is 9.80. The molecule has 12 heavy (non-hydrogen) atoms. The molecular weight excluding hydrogens is 290 g/mol. The van der Waals surface area contributed by atoms with Crippen LogP contribution in [0.4, 0.5) is 0 Å². The predicted octanol–water partition coefficient (Wildman–Crippen LogP) is 2.68. The molecule has 2 nitrogen and oxygen atoms in total. The van der Waals surface area contributed by atoms with Crippen molar-refractivity contribution < 1.29 is 9.53 Å². The first-order chi connectivity index (χ1) is 5.65. The van der Waals surface area contributed by atoms with Crippen LogP contribution in [0.25, 0.3) is 0 Å². The van der Waals surface area contributed by atoms with Crippen LogP contribution >= 0.6 is 34.2 Å². The van der Waals surface area contributed by atoms with Crippen LogP contribution in [0.15, 0.2) is 18.2 Å². The lowest BCUT2D eigenvalue weighted by Crippen LogP contribution is -1.95. The van der Waals surface area contributed by atoms with Crippen LogP contribution in [0.5, 0.6) is 5.75 Å². The summed E-state index contributed by atoms with van der Waals surface area (Å²) in [7, 11) is 1.51. The molecule has 0 aliphatic heterocycles. The van der Waals surface area contributed by atoms with Crippen molar-refractivity contribution >= 4 is 39.4 Å². The van der Waals surface area contributed by atoms with Gasteiger partial charge in [0.05, 0.1) is 12.7 Å². The molecule has 1 rings (SSSR count). The molecule has 0 atom stereocenters. The van der Waals surface area contributed by atoms with Crippen molar-refractivity contribution in [1.82, 2.24) is 0 Å². The lowest BCUT2D eigenvalue weighted by atomic mass is 10.2. The first-order valence-corrected chi connectivity index (χ1v) is 4.64. The van der Waals surface area contributed by atoms with Gasteiger partial charge in [0.2, 0.25) is 0 Å². The molecule has 0 unspecified atom stereocenters. The second-order valence-corrected chi connectivity index (χ2v) is 3.71. The fraction of sp³-hybridized carbons (Fsp3) is 0.125. The zero-order chi connectivity index (χ0) is 9.14. The molecule has 0 saturated heterocycles. The van der Waals surface area contributed by atoms with Gasteiger partial charge in [0.1, 0.15) is 5.75 Å². The largest absolute Gasteiger partial charge is 0.496 e. The molecule has 4 heteroatoms. The number of rotatable bonds is 2. The van der Waals surface area contributed by atoms with E-state index >= 15 is 0 Å². The number of halogens is 2. The molecule has 1 aromatic rings. The van der Waals surface area contributed by atoms with Crippen LogP contribution in [-0.2, 0) is 0 Å². The molecular formula is C8H6ClIO2. The summed E-state index contributed by atoms with van der Waals surface area (Å²) in [5.74, 6) is 0.516. The molecule has 0 aliphatic carbocycles. The summed E-state index contributed by atoms with van der Waals surface area (Å²) in [6, 6.07) is 5.21. The minimum atomic E-state index is -0.497. The molecule has 0 fully saturated rings. The van der Waals surface area contributed by atoms with E-state index in [-0.39, 0.29) is 0 Å². The van der Waals surface area contributed by atoms with Gasteiger partial charge in [-0.05, 0) is 52.4 Å². The van der Waals surface area contributed by atoms with Gasteiger partial charge in [0.25, 0.3) is 5.24 Å². The standard InChI is InChI=1S/C8H6ClIO2/c1-12-7-4-5(10)2-3-6(7)8(9)11/h2-4H,1H3. The van der Waals surface area contributed by atoms with E-state index in [1.807, 2.05) is 0 Å². The molecule has 0 spiro atoms. The molecule has 1 aromatic carbocycles. The molecule has 0 saturated carbocycles. The van der Waals surface area contributed by atoms with Crippen molar-refractivity contribution in [3.8, 4) is 5.75 Å². The van der Waals surface area contributed by atoms with Gasteiger partial charge in [-0.1, -0.05) is 0 Å². The van der Waals surface area contributed by atoms with Crippen molar-refractivity contribution in [1.29, 1.82) is 0 Å². The Morgan fingerprint density at radius 3 is 2.75 bits per heavy atom. The van der Waals surface area contributed by atoms with E-state index in [1.165, 1.54) is 7.11 Å². The van der Waals surface area contributed by atoms with Crippen molar-refractivity contribution in [3.63, 3.8) is 0 Å². The third kappa shape index (κ3) is 2.10. The fourth-order valence-corrected chi connectivity index (χ4v) is 1.45. The number of carbonyl (C=O) groups is 1. The van der Waals surface area contributed by atoms with E-state index in [9.17, 15) is 4.79 Å². The highest BCUT2D eigenvalue weighted by molar-refractivity contribution is 14.1. The maximum atomic E-state index is 10.8. The molecule has 64 valence electrons. The molecule has 0 bridgehead atoms. The second-order valence-electron chi connectivity index (χ2n) is 2.12. The summed E-state index contributed by atoms with van der Waals surface area (Å²) in [4.78, 5) is 10.8. The van der Waals surface area contributed by atoms with Gasteiger partial charge in [-0.15, -0.1) is 0 Å². The minimum absolute atomic E-state index is 0.402. The van der Waals surface area contributed by atoms with Crippen molar-refractivity contribution in [2.75, 3.05) is 7.11 Å². The van der Waals surface area contributed by atoms with Crippen LogP contribution in [0, 0.1) is 3.57 Å². The molecule has 0 heterocycles. The van der Waals surface area contributed by atoms with E-state index in [0.29, 0.717) is 11.3 Å². The van der Waals surface area contributed by atoms with E-state index in [4.69, 9.17) is 16.3 Å². The number of benzene rings is 1. The quantitative estimate of drug-likeness (QED) is 0.619. The van der Waals surface area contributed by atoms with Crippen LogP contribution in [0.3, 0.4) is 0 Å². The Morgan fingerprint density at radius 1 is 1.58 bits per heavy atom. The number of hydrogen-bond donors (Lipinski definition) is 0. The lowest BCUT2D eigenvalue weighted by molar-refractivity contribution is 0.107.